The number of aromatic nitrogens is 2. The molecule has 134 valence electrons. The van der Waals surface area contributed by atoms with Crippen LogP contribution in [0.15, 0.2) is 78.9 Å². The molecule has 0 saturated carbocycles. The molecule has 2 aromatic heterocycles. The summed E-state index contributed by atoms with van der Waals surface area (Å²) in [5, 5.41) is 2.58. The van der Waals surface area contributed by atoms with Gasteiger partial charge in [-0.15, -0.1) is 0 Å². The average molecular weight is 556 g/mol. The zero-order valence-corrected chi connectivity index (χ0v) is 19.3. The van der Waals surface area contributed by atoms with Crippen LogP contribution in [0.3, 0.4) is 0 Å². The Morgan fingerprint density at radius 3 is 2.32 bits per heavy atom. The zero-order chi connectivity index (χ0) is 19.3. The molecule has 2 radical (unpaired) electrons. The van der Waals surface area contributed by atoms with Gasteiger partial charge in [0.1, 0.15) is 0 Å². The number of aryl methyl sites for hydroxylation is 2. The predicted octanol–water partition coefficient (Wildman–Crippen LogP) is 5.26. The summed E-state index contributed by atoms with van der Waals surface area (Å²) in [6.45, 7) is 4.30. The Bertz CT molecular complexity index is 1310. The van der Waals surface area contributed by atoms with E-state index < -0.39 is 0 Å². The Morgan fingerprint density at radius 2 is 1.54 bits per heavy atom. The monoisotopic (exact) mass is 556 g/mol. The summed E-state index contributed by atoms with van der Waals surface area (Å²) in [7, 11) is 0. The van der Waals surface area contributed by atoms with Gasteiger partial charge in [-0.3, -0.25) is 0 Å². The summed E-state index contributed by atoms with van der Waals surface area (Å²) in [5.41, 5.74) is 8.63. The Kier molecular flexibility index (Phi) is 4.29. The van der Waals surface area contributed by atoms with Gasteiger partial charge in [0.2, 0.25) is 0 Å². The van der Waals surface area contributed by atoms with Crippen LogP contribution in [0, 0.1) is 13.8 Å². The van der Waals surface area contributed by atoms with Crippen LogP contribution in [0.2, 0.25) is 0 Å². The Morgan fingerprint density at radius 1 is 0.786 bits per heavy atom. The number of para-hydroxylation sites is 2. The second-order valence-corrected chi connectivity index (χ2v) is 8.98. The fraction of sp³-hybridized carbons (Fsp3) is 0.0800. The number of rotatable bonds is 2. The van der Waals surface area contributed by atoms with E-state index in [1.54, 1.807) is 0 Å². The van der Waals surface area contributed by atoms with E-state index in [4.69, 9.17) is 0 Å². The summed E-state index contributed by atoms with van der Waals surface area (Å²) in [6, 6.07) is 28.3. The van der Waals surface area contributed by atoms with E-state index in [2.05, 4.69) is 102 Å². The molecular weight excluding hydrogens is 537 g/mol. The first kappa shape index (κ1) is 17.6. The zero-order valence-electron chi connectivity index (χ0n) is 15.8. The van der Waals surface area contributed by atoms with Crippen molar-refractivity contribution in [2.75, 3.05) is 0 Å². The first-order chi connectivity index (χ1) is 13.6. The molecular formula is C25H19BiN2. The van der Waals surface area contributed by atoms with Crippen LogP contribution in [0.25, 0.3) is 38.6 Å². The number of fused-ring (bicyclic) bond motifs is 3. The third kappa shape index (κ3) is 2.77. The van der Waals surface area contributed by atoms with Crippen LogP contribution < -0.4 is 3.40 Å². The second kappa shape index (κ2) is 6.83. The number of hydrogen-bond donors (Lipinski definition) is 0. The number of hydrogen-bond acceptors (Lipinski definition) is 1. The third-order valence-electron chi connectivity index (χ3n) is 5.29. The molecule has 0 aliphatic carbocycles. The minimum atomic E-state index is 1.08. The van der Waals surface area contributed by atoms with E-state index in [9.17, 15) is 0 Å². The van der Waals surface area contributed by atoms with Gasteiger partial charge in [0.25, 0.3) is 0 Å². The molecule has 0 aliphatic rings. The van der Waals surface area contributed by atoms with Crippen molar-refractivity contribution in [3.8, 4) is 16.8 Å². The Hall–Kier alpha value is -2.51. The second-order valence-electron chi connectivity index (χ2n) is 7.20. The minimum absolute atomic E-state index is 1.08. The molecule has 0 amide bonds. The molecule has 2 heterocycles. The fourth-order valence-electron chi connectivity index (χ4n) is 4.16. The SMILES string of the molecule is Cc1cc(-c2c(C)ccc3c4ccccc4n(-c4ccccc4)c23)c[c]([Bi])n1. The molecule has 0 atom stereocenters. The molecule has 0 bridgehead atoms. The van der Waals surface area contributed by atoms with Crippen molar-refractivity contribution in [3.05, 3.63) is 90.1 Å². The van der Waals surface area contributed by atoms with E-state index in [1.807, 2.05) is 0 Å². The van der Waals surface area contributed by atoms with Gasteiger partial charge in [-0.2, -0.15) is 0 Å². The molecule has 5 aromatic rings. The maximum absolute atomic E-state index is 4.64. The van der Waals surface area contributed by atoms with E-state index in [-0.39, 0.29) is 0 Å². The molecule has 3 heteroatoms. The van der Waals surface area contributed by atoms with Gasteiger partial charge in [0.15, 0.2) is 0 Å². The number of pyridine rings is 1. The molecule has 28 heavy (non-hydrogen) atoms. The molecule has 3 aromatic carbocycles. The van der Waals surface area contributed by atoms with Gasteiger partial charge in [-0.05, 0) is 0 Å². The first-order valence-electron chi connectivity index (χ1n) is 9.40. The van der Waals surface area contributed by atoms with Crippen molar-refractivity contribution in [1.82, 2.24) is 9.55 Å². The van der Waals surface area contributed by atoms with Crippen LogP contribution in [-0.4, -0.2) is 34.3 Å². The molecule has 0 unspecified atom stereocenters. The van der Waals surface area contributed by atoms with Gasteiger partial charge in [0, 0.05) is 0 Å². The number of benzene rings is 3. The quantitative estimate of drug-likeness (QED) is 0.272. The molecule has 0 aliphatic heterocycles. The van der Waals surface area contributed by atoms with Crippen molar-refractivity contribution < 1.29 is 0 Å². The van der Waals surface area contributed by atoms with Crippen molar-refractivity contribution in [2.45, 2.75) is 13.8 Å². The fourth-order valence-corrected chi connectivity index (χ4v) is 5.32. The summed E-state index contributed by atoms with van der Waals surface area (Å²) in [5.74, 6) is 0. The molecule has 0 saturated heterocycles. The maximum atomic E-state index is 4.64. The molecule has 0 spiro atoms. The van der Waals surface area contributed by atoms with E-state index in [0.717, 1.165) is 9.10 Å². The summed E-state index contributed by atoms with van der Waals surface area (Å²) in [4.78, 5) is 4.64. The summed E-state index contributed by atoms with van der Waals surface area (Å²) >= 11 is 1.17. The van der Waals surface area contributed by atoms with Gasteiger partial charge in [0.05, 0.1) is 0 Å². The van der Waals surface area contributed by atoms with E-state index in [0.29, 0.717) is 0 Å². The van der Waals surface area contributed by atoms with Crippen LogP contribution in [-0.2, 0) is 0 Å². The van der Waals surface area contributed by atoms with Gasteiger partial charge in [-0.1, -0.05) is 0 Å². The third-order valence-corrected chi connectivity index (χ3v) is 6.18. The van der Waals surface area contributed by atoms with Crippen molar-refractivity contribution in [1.29, 1.82) is 0 Å². The van der Waals surface area contributed by atoms with Crippen molar-refractivity contribution >= 4 is 49.9 Å². The predicted molar refractivity (Wildman–Crippen MR) is 119 cm³/mol. The summed E-state index contributed by atoms with van der Waals surface area (Å²) in [6.07, 6.45) is 0. The Labute approximate surface area is 179 Å². The first-order valence-corrected chi connectivity index (χ1v) is 11.1. The Balaban J connectivity index is 2.01. The molecule has 0 N–H and O–H groups in total. The normalized spacial score (nSPS) is 11.4. The van der Waals surface area contributed by atoms with Crippen LogP contribution in [0.4, 0.5) is 0 Å². The standard InChI is InChI=1S/C25H19N2.Bi/c1-17-12-13-22-21-10-6-7-11-23(21)27(20-8-4-3-5-9-20)25(22)24(17)19-14-15-26-18(2)16-19;/h3-14,16H,1-2H3;. The van der Waals surface area contributed by atoms with Gasteiger partial charge >= 0.3 is 180 Å². The molecule has 0 fully saturated rings. The molecule has 5 rings (SSSR count). The summed E-state index contributed by atoms with van der Waals surface area (Å²) < 4.78 is 3.57. The molecule has 2 nitrogen and oxygen atoms in total. The van der Waals surface area contributed by atoms with E-state index >= 15 is 0 Å². The topological polar surface area (TPSA) is 17.8 Å². The van der Waals surface area contributed by atoms with Crippen LogP contribution >= 0.6 is 0 Å². The van der Waals surface area contributed by atoms with Crippen LogP contribution in [0.1, 0.15) is 11.3 Å². The van der Waals surface area contributed by atoms with Gasteiger partial charge in [-0.25, -0.2) is 0 Å². The van der Waals surface area contributed by atoms with Crippen molar-refractivity contribution in [2.24, 2.45) is 0 Å². The van der Waals surface area contributed by atoms with Crippen LogP contribution in [0.5, 0.6) is 0 Å². The van der Waals surface area contributed by atoms with Gasteiger partial charge < -0.3 is 0 Å². The van der Waals surface area contributed by atoms with E-state index in [1.165, 1.54) is 68.9 Å². The van der Waals surface area contributed by atoms with Crippen molar-refractivity contribution in [3.63, 3.8) is 0 Å². The average Bonchev–Trinajstić information content (AvgIpc) is 3.02. The number of nitrogens with zero attached hydrogens (tertiary/aromatic N) is 2.